The maximum Gasteiger partial charge on any atom is 0.308 e. The number of phenols is 2. The number of aromatic amines is 1. The number of nitrogens with one attached hydrogen (secondary N) is 1. The van der Waals surface area contributed by atoms with E-state index in [1.54, 1.807) is 40.2 Å². The summed E-state index contributed by atoms with van der Waals surface area (Å²) in [4.78, 5) is 79.4. The van der Waals surface area contributed by atoms with Gasteiger partial charge in [0.25, 0.3) is 5.16 Å². The fourth-order valence-corrected chi connectivity index (χ4v) is 16.0. The molecule has 0 bridgehead atoms. The molecule has 3 fully saturated rings. The molecule has 0 atom stereocenters. The number of hydrogen-bond acceptors (Lipinski definition) is 23. The number of halogens is 3. The second kappa shape index (κ2) is 32.2. The van der Waals surface area contributed by atoms with Crippen LogP contribution in [0.25, 0.3) is 33.5 Å². The lowest BCUT2D eigenvalue weighted by Gasteiger charge is -2.29. The van der Waals surface area contributed by atoms with Gasteiger partial charge in [-0.25, -0.2) is 34.5 Å². The molecule has 0 aliphatic carbocycles. The van der Waals surface area contributed by atoms with Crippen LogP contribution in [-0.2, 0) is 34.0 Å². The van der Waals surface area contributed by atoms with Crippen molar-refractivity contribution in [1.29, 1.82) is 0 Å². The molecule has 33 heteroatoms. The number of rotatable bonds is 22. The Morgan fingerprint density at radius 3 is 1.36 bits per heavy atom. The second-order valence-corrected chi connectivity index (χ2v) is 28.1. The number of aryl methyl sites for hydroxylation is 3. The lowest BCUT2D eigenvalue weighted by Crippen LogP contribution is -2.38. The van der Waals surface area contributed by atoms with E-state index >= 15 is 0 Å². The van der Waals surface area contributed by atoms with Gasteiger partial charge in [0, 0.05) is 80.5 Å². The lowest BCUT2D eigenvalue weighted by atomic mass is 9.94. The number of anilines is 3. The Morgan fingerprint density at radius 1 is 0.532 bits per heavy atom. The molecule has 0 radical (unpaired) electrons. The summed E-state index contributed by atoms with van der Waals surface area (Å²) in [7, 11) is 6.46. The topological polar surface area (TPSA) is 349 Å². The van der Waals surface area contributed by atoms with Gasteiger partial charge in [-0.2, -0.15) is 4.98 Å². The first kappa shape index (κ1) is 69.2. The van der Waals surface area contributed by atoms with E-state index in [2.05, 4.69) is 96.8 Å². The number of hydrogen-bond donors (Lipinski definition) is 6. The number of methoxy groups -OCH3 is 4. The monoisotopic (exact) mass is 1530 g/mol. The number of imidazole rings is 3. The van der Waals surface area contributed by atoms with Crippen LogP contribution in [0.3, 0.4) is 0 Å². The van der Waals surface area contributed by atoms with Gasteiger partial charge in [-0.05, 0) is 171 Å². The molecular weight excluding hydrogens is 1460 g/mol. The summed E-state index contributed by atoms with van der Waals surface area (Å²) < 4.78 is 30.4. The molecule has 0 unspecified atom stereocenters. The molecule has 9 heterocycles. The van der Waals surface area contributed by atoms with E-state index in [1.165, 1.54) is 54.6 Å². The summed E-state index contributed by atoms with van der Waals surface area (Å²) in [6, 6.07) is 10.6. The van der Waals surface area contributed by atoms with Crippen LogP contribution in [0.1, 0.15) is 57.8 Å². The predicted molar refractivity (Wildman–Crippen MR) is 367 cm³/mol. The number of benzene rings is 3. The van der Waals surface area contributed by atoms with E-state index in [0.717, 1.165) is 175 Å². The maximum atomic E-state index is 11.0. The van der Waals surface area contributed by atoms with Crippen molar-refractivity contribution in [3.63, 3.8) is 0 Å². The van der Waals surface area contributed by atoms with Crippen molar-refractivity contribution in [2.75, 3.05) is 84.9 Å². The number of ether oxygens (including phenoxy) is 4. The number of amides is 3. The molecule has 6 aromatic heterocycles. The number of fused-ring (bicyclic) bond motifs is 3. The fourth-order valence-electron chi connectivity index (χ4n) is 11.4. The third-order valence-corrected chi connectivity index (χ3v) is 22.8. The molecule has 0 spiro atoms. The number of aromatic nitrogens is 12. The molecule has 3 aliphatic heterocycles. The van der Waals surface area contributed by atoms with Gasteiger partial charge in [-0.1, -0.05) is 28.5 Å². The molecular formula is C61H72Br3N18O9S3+. The van der Waals surface area contributed by atoms with Crippen LogP contribution in [0.15, 0.2) is 99.0 Å². The van der Waals surface area contributed by atoms with Gasteiger partial charge in [-0.15, -0.1) is 0 Å². The third-order valence-electron chi connectivity index (χ3n) is 16.8. The molecule has 12 rings (SSSR count). The van der Waals surface area contributed by atoms with E-state index < -0.39 is 0 Å². The lowest BCUT2D eigenvalue weighted by molar-refractivity contribution is -0.711. The largest absolute Gasteiger partial charge is 0.504 e. The van der Waals surface area contributed by atoms with E-state index in [9.17, 15) is 24.6 Å². The van der Waals surface area contributed by atoms with Crippen molar-refractivity contribution in [2.24, 2.45) is 17.8 Å². The zero-order valence-corrected chi connectivity index (χ0v) is 59.2. The van der Waals surface area contributed by atoms with E-state index in [0.29, 0.717) is 96.0 Å². The van der Waals surface area contributed by atoms with Gasteiger partial charge in [0.15, 0.2) is 90.9 Å². The van der Waals surface area contributed by atoms with Crippen LogP contribution in [0.5, 0.6) is 34.5 Å². The molecule has 27 nitrogen and oxygen atoms in total. The summed E-state index contributed by atoms with van der Waals surface area (Å²) in [5, 5.41) is 21.9. The zero-order chi connectivity index (χ0) is 66.6. The normalized spacial score (nSPS) is 14.8. The summed E-state index contributed by atoms with van der Waals surface area (Å²) in [5.74, 6) is 4.92. The minimum absolute atomic E-state index is 0.198. The number of H-pyrrole nitrogens is 1. The van der Waals surface area contributed by atoms with Crippen LogP contribution in [0, 0.1) is 17.8 Å². The van der Waals surface area contributed by atoms with Crippen molar-refractivity contribution < 1.29 is 48.1 Å². The van der Waals surface area contributed by atoms with Gasteiger partial charge in [0.1, 0.15) is 12.7 Å². The van der Waals surface area contributed by atoms with Crippen LogP contribution in [0.4, 0.5) is 17.5 Å². The van der Waals surface area contributed by atoms with Crippen molar-refractivity contribution in [1.82, 2.24) is 68.7 Å². The number of nitrogen functional groups attached to an aromatic ring is 3. The molecule has 3 amide bonds. The molecule has 94 heavy (non-hydrogen) atoms. The summed E-state index contributed by atoms with van der Waals surface area (Å²) in [5.41, 5.74) is 22.3. The Hall–Kier alpha value is -7.59. The molecule has 498 valence electrons. The number of carbonyl (C=O) groups excluding carboxylic acids is 3. The highest BCUT2D eigenvalue weighted by molar-refractivity contribution is 9.11. The number of nitrogens with two attached hydrogens (primary N) is 3. The van der Waals surface area contributed by atoms with Gasteiger partial charge in [0.2, 0.25) is 24.7 Å². The summed E-state index contributed by atoms with van der Waals surface area (Å²) in [6.07, 6.45) is 16.1. The Kier molecular flexibility index (Phi) is 23.7. The molecule has 9 N–H and O–H groups in total. The van der Waals surface area contributed by atoms with Gasteiger partial charge in [-0.3, -0.25) is 19.4 Å². The first-order valence-electron chi connectivity index (χ1n) is 30.1. The number of carbonyl (C=O) groups is 3. The first-order valence-corrected chi connectivity index (χ1v) is 35.0. The molecule has 3 saturated heterocycles. The smallest absolute Gasteiger partial charge is 0.308 e. The Labute approximate surface area is 579 Å². The quantitative estimate of drug-likeness (QED) is 0.0209. The van der Waals surface area contributed by atoms with Crippen molar-refractivity contribution in [3.05, 3.63) is 68.8 Å². The minimum atomic E-state index is -0.204. The van der Waals surface area contributed by atoms with Gasteiger partial charge < -0.3 is 70.2 Å². The maximum absolute atomic E-state index is 11.0. The number of phenolic OH excluding ortho intramolecular Hbond substituents is 2. The highest BCUT2D eigenvalue weighted by Gasteiger charge is 2.28. The fraction of sp³-hybridized carbons (Fsp3) is 0.410. The van der Waals surface area contributed by atoms with Crippen LogP contribution >= 0.6 is 83.1 Å². The SMILES string of the molecule is COc1cc(Br)c(Sc2[nH]c3c(N)ncnc3[n+]2CCC2CCN(C=O)CC2)cc1OC.COc1cc(Br)c(Sc2nc3c(N)ncnc3n2CCC2CCN(C=O)CC2)cc1OC.Nc1ncnc2c1nc(Sc1cc(O)c(O)cc1Br)n2CCC1CCN(C=O)CC1. The highest BCUT2D eigenvalue weighted by atomic mass is 79.9. The number of aromatic hydroxyl groups is 2. The number of nitrogens with zero attached hydrogens (tertiary/aromatic N) is 14. The molecule has 3 aromatic carbocycles. The van der Waals surface area contributed by atoms with Gasteiger partial charge >= 0.3 is 5.65 Å². The van der Waals surface area contributed by atoms with E-state index in [1.807, 2.05) is 43.5 Å². The van der Waals surface area contributed by atoms with Crippen molar-refractivity contribution in [2.45, 2.75) is 108 Å². The van der Waals surface area contributed by atoms with Crippen LogP contribution in [-0.4, -0.2) is 166 Å². The molecule has 0 saturated carbocycles. The third kappa shape index (κ3) is 16.4. The Balaban J connectivity index is 0.000000154. The second-order valence-electron chi connectivity index (χ2n) is 22.5. The summed E-state index contributed by atoms with van der Waals surface area (Å²) >= 11 is 15.1. The van der Waals surface area contributed by atoms with Crippen molar-refractivity contribution >= 4 is 153 Å². The molecule has 9 aromatic rings. The predicted octanol–water partition coefficient (Wildman–Crippen LogP) is 9.61. The number of likely N-dealkylation sites (tertiary alicyclic amines) is 3. The van der Waals surface area contributed by atoms with Crippen molar-refractivity contribution in [3.8, 4) is 34.5 Å². The van der Waals surface area contributed by atoms with E-state index in [4.69, 9.17) is 41.1 Å². The highest BCUT2D eigenvalue weighted by Crippen LogP contribution is 2.44. The Bertz CT molecular complexity index is 3970. The van der Waals surface area contributed by atoms with E-state index in [-0.39, 0.29) is 11.5 Å². The van der Waals surface area contributed by atoms with Crippen LogP contribution < -0.4 is 40.7 Å². The zero-order valence-electron chi connectivity index (χ0n) is 52.0. The molecule has 3 aliphatic rings. The van der Waals surface area contributed by atoms with Crippen LogP contribution in [0.2, 0.25) is 0 Å². The average molecular weight is 1540 g/mol. The first-order chi connectivity index (χ1) is 45.5. The minimum Gasteiger partial charge on any atom is -0.504 e. The average Bonchev–Trinajstić information content (AvgIpc) is 1.67. The van der Waals surface area contributed by atoms with Gasteiger partial charge in [0.05, 0.1) is 35.0 Å². The standard InChI is InChI=1S/2C21H25BrN6O3S.C19H21BrN6O3S/c2*1-30-15-9-14(22)17(10-16(15)31-2)32-21-26-18-19(23)24-11-25-20(18)28(21)8-5-13-3-6-27(12-29)7-4-13;20-12-7-13(28)14(29)8-15(12)30-19-24-16-17(21)22-9-23-18(16)26(19)6-3-11-1-4-25(10-27)5-2-11/h2*9-13H,3-8H2,1-2H3,(H2,23,24,25);7-11,28-29H,1-6H2,(H2,21,22,23)/p+1. The Morgan fingerprint density at radius 2 is 0.915 bits per heavy atom. The number of piperidine rings is 3. The summed E-state index contributed by atoms with van der Waals surface area (Å²) in [6.45, 7) is 7.08.